The third-order valence-corrected chi connectivity index (χ3v) is 5.11. The van der Waals surface area contributed by atoms with Crippen LogP contribution in [0.25, 0.3) is 0 Å². The summed E-state index contributed by atoms with van der Waals surface area (Å²) in [5.41, 5.74) is 0.795. The summed E-state index contributed by atoms with van der Waals surface area (Å²) in [4.78, 5) is 0.825. The van der Waals surface area contributed by atoms with Crippen LogP contribution in [0, 0.1) is 0 Å². The van der Waals surface area contributed by atoms with Crippen molar-refractivity contribution in [3.05, 3.63) is 28.8 Å². The molecule has 2 aromatic rings. The molecule has 1 heterocycles. The summed E-state index contributed by atoms with van der Waals surface area (Å²) in [6.45, 7) is -0.0477. The first kappa shape index (κ1) is 13.9. The van der Waals surface area contributed by atoms with Crippen LogP contribution in [0.3, 0.4) is 0 Å². The van der Waals surface area contributed by atoms with Crippen LogP contribution in [-0.4, -0.2) is 25.3 Å². The minimum absolute atomic E-state index is 0.0477. The maximum absolute atomic E-state index is 9.42. The Labute approximate surface area is 126 Å². The van der Waals surface area contributed by atoms with Crippen molar-refractivity contribution in [2.24, 2.45) is 0 Å². The highest BCUT2D eigenvalue weighted by molar-refractivity contribution is 7.99. The molecule has 1 aliphatic rings. The third kappa shape index (κ3) is 2.68. The van der Waals surface area contributed by atoms with E-state index in [0.717, 1.165) is 28.5 Å². The van der Waals surface area contributed by atoms with Crippen molar-refractivity contribution < 1.29 is 5.11 Å². The van der Waals surface area contributed by atoms with Gasteiger partial charge in [-0.1, -0.05) is 36.6 Å². The molecular formula is C13H15ClN4OS. The lowest BCUT2D eigenvalue weighted by Crippen LogP contribution is -2.08. The molecule has 0 saturated heterocycles. The fraction of sp³-hybridized carbons (Fsp3) is 0.462. The second-order valence-electron chi connectivity index (χ2n) is 4.83. The summed E-state index contributed by atoms with van der Waals surface area (Å²) in [7, 11) is 0. The van der Waals surface area contributed by atoms with Crippen LogP contribution in [0.5, 0.6) is 0 Å². The molecule has 1 fully saturated rings. The Hall–Kier alpha value is -1.11. The number of rotatable bonds is 4. The molecule has 5 nitrogen and oxygen atoms in total. The standard InChI is InChI=1S/C13H15ClN4OS/c14-11-7-3-4-9(8-19)12(11)20-13-15-16-17-18(13)10-5-1-2-6-10/h3-4,7,10,19H,1-2,5-6,8H2. The van der Waals surface area contributed by atoms with Gasteiger partial charge in [0.05, 0.1) is 17.7 Å². The Kier molecular flexibility index (Phi) is 4.24. The Morgan fingerprint density at radius 2 is 2.15 bits per heavy atom. The topological polar surface area (TPSA) is 63.8 Å². The fourth-order valence-electron chi connectivity index (χ4n) is 2.51. The molecular weight excluding hydrogens is 296 g/mol. The molecule has 1 N–H and O–H groups in total. The van der Waals surface area contributed by atoms with Gasteiger partial charge in [0.15, 0.2) is 0 Å². The highest BCUT2D eigenvalue weighted by Crippen LogP contribution is 2.37. The molecule has 7 heteroatoms. The molecule has 106 valence electrons. The number of aliphatic hydroxyl groups is 1. The zero-order valence-corrected chi connectivity index (χ0v) is 12.4. The molecule has 3 rings (SSSR count). The first-order valence-corrected chi connectivity index (χ1v) is 7.83. The molecule has 1 aromatic carbocycles. The van der Waals surface area contributed by atoms with Crippen molar-refractivity contribution in [1.29, 1.82) is 0 Å². The van der Waals surface area contributed by atoms with Crippen molar-refractivity contribution >= 4 is 23.4 Å². The lowest BCUT2D eigenvalue weighted by Gasteiger charge is -2.12. The summed E-state index contributed by atoms with van der Waals surface area (Å²) in [5, 5.41) is 22.8. The van der Waals surface area contributed by atoms with Gasteiger partial charge in [0.2, 0.25) is 5.16 Å². The molecule has 1 aromatic heterocycles. The number of hydrogen-bond acceptors (Lipinski definition) is 5. The van der Waals surface area contributed by atoms with E-state index >= 15 is 0 Å². The van der Waals surface area contributed by atoms with Gasteiger partial charge >= 0.3 is 0 Å². The normalized spacial score (nSPS) is 15.9. The average Bonchev–Trinajstić information content (AvgIpc) is 3.11. The van der Waals surface area contributed by atoms with Gasteiger partial charge in [-0.25, -0.2) is 4.68 Å². The van der Waals surface area contributed by atoms with Crippen LogP contribution in [-0.2, 0) is 6.61 Å². The van der Waals surface area contributed by atoms with Crippen molar-refractivity contribution in [3.63, 3.8) is 0 Å². The van der Waals surface area contributed by atoms with Gasteiger partial charge in [0.25, 0.3) is 0 Å². The van der Waals surface area contributed by atoms with E-state index < -0.39 is 0 Å². The molecule has 0 amide bonds. The molecule has 0 unspecified atom stereocenters. The van der Waals surface area contributed by atoms with Crippen LogP contribution in [0.15, 0.2) is 28.3 Å². The number of nitrogens with zero attached hydrogens (tertiary/aromatic N) is 4. The molecule has 0 aliphatic heterocycles. The zero-order chi connectivity index (χ0) is 13.9. The van der Waals surface area contributed by atoms with Crippen LogP contribution in [0.4, 0.5) is 0 Å². The zero-order valence-electron chi connectivity index (χ0n) is 10.9. The van der Waals surface area contributed by atoms with Gasteiger partial charge in [-0.05, 0) is 46.7 Å². The lowest BCUT2D eigenvalue weighted by molar-refractivity contribution is 0.279. The maximum atomic E-state index is 9.42. The van der Waals surface area contributed by atoms with Gasteiger partial charge in [0, 0.05) is 4.90 Å². The van der Waals surface area contributed by atoms with Crippen LogP contribution in [0.2, 0.25) is 5.02 Å². The summed E-state index contributed by atoms with van der Waals surface area (Å²) in [6, 6.07) is 5.88. The van der Waals surface area contributed by atoms with Crippen LogP contribution < -0.4 is 0 Å². The van der Waals surface area contributed by atoms with Crippen LogP contribution >= 0.6 is 23.4 Å². The molecule has 0 spiro atoms. The smallest absolute Gasteiger partial charge is 0.214 e. The van der Waals surface area contributed by atoms with Gasteiger partial charge in [-0.15, -0.1) is 5.10 Å². The Bertz CT molecular complexity index is 598. The van der Waals surface area contributed by atoms with Crippen LogP contribution in [0.1, 0.15) is 37.3 Å². The van der Waals surface area contributed by atoms with E-state index in [9.17, 15) is 5.11 Å². The predicted octanol–water partition coefficient (Wildman–Crippen LogP) is 3.09. The third-order valence-electron chi connectivity index (χ3n) is 3.55. The molecule has 1 saturated carbocycles. The highest BCUT2D eigenvalue weighted by Gasteiger charge is 2.22. The summed E-state index contributed by atoms with van der Waals surface area (Å²) >= 11 is 7.65. The number of tetrazole rings is 1. The van der Waals surface area contributed by atoms with E-state index in [1.54, 1.807) is 0 Å². The number of aliphatic hydroxyl groups excluding tert-OH is 1. The Morgan fingerprint density at radius 1 is 1.35 bits per heavy atom. The summed E-state index contributed by atoms with van der Waals surface area (Å²) < 4.78 is 1.89. The van der Waals surface area contributed by atoms with Gasteiger partial charge in [0.1, 0.15) is 0 Å². The van der Waals surface area contributed by atoms with E-state index in [1.165, 1.54) is 24.6 Å². The van der Waals surface area contributed by atoms with Gasteiger partial charge in [-0.2, -0.15) is 0 Å². The number of hydrogen-bond donors (Lipinski definition) is 1. The van der Waals surface area contributed by atoms with E-state index in [-0.39, 0.29) is 6.61 Å². The molecule has 0 atom stereocenters. The summed E-state index contributed by atoms with van der Waals surface area (Å²) in [6.07, 6.45) is 4.69. The van der Waals surface area contributed by atoms with Gasteiger partial charge < -0.3 is 5.11 Å². The van der Waals surface area contributed by atoms with E-state index in [1.807, 2.05) is 22.9 Å². The second-order valence-corrected chi connectivity index (χ2v) is 6.22. The van der Waals surface area contributed by atoms with Crippen molar-refractivity contribution in [1.82, 2.24) is 20.2 Å². The first-order valence-electron chi connectivity index (χ1n) is 6.63. The van der Waals surface area contributed by atoms with E-state index in [4.69, 9.17) is 11.6 Å². The Balaban J connectivity index is 1.90. The lowest BCUT2D eigenvalue weighted by atomic mass is 10.2. The number of halogens is 1. The fourth-order valence-corrected chi connectivity index (χ4v) is 3.79. The van der Waals surface area contributed by atoms with Gasteiger partial charge in [-0.3, -0.25) is 0 Å². The predicted molar refractivity (Wildman–Crippen MR) is 76.8 cm³/mol. The minimum Gasteiger partial charge on any atom is -0.392 e. The largest absolute Gasteiger partial charge is 0.392 e. The quantitative estimate of drug-likeness (QED) is 0.940. The molecule has 0 bridgehead atoms. The average molecular weight is 311 g/mol. The maximum Gasteiger partial charge on any atom is 0.214 e. The SMILES string of the molecule is OCc1cccc(Cl)c1Sc1nnnn1C1CCCC1. The van der Waals surface area contributed by atoms with E-state index in [2.05, 4.69) is 15.5 Å². The van der Waals surface area contributed by atoms with Crippen molar-refractivity contribution in [2.45, 2.75) is 48.4 Å². The number of aromatic nitrogens is 4. The van der Waals surface area contributed by atoms with E-state index in [0.29, 0.717) is 11.1 Å². The first-order chi connectivity index (χ1) is 9.79. The van der Waals surface area contributed by atoms with Crippen molar-refractivity contribution in [3.8, 4) is 0 Å². The molecule has 1 aliphatic carbocycles. The minimum atomic E-state index is -0.0477. The Morgan fingerprint density at radius 3 is 2.90 bits per heavy atom. The number of benzene rings is 1. The monoisotopic (exact) mass is 310 g/mol. The highest BCUT2D eigenvalue weighted by atomic mass is 35.5. The second kappa shape index (κ2) is 6.11. The molecule has 0 radical (unpaired) electrons. The summed E-state index contributed by atoms with van der Waals surface area (Å²) in [5.74, 6) is 0. The van der Waals surface area contributed by atoms with Crippen molar-refractivity contribution in [2.75, 3.05) is 0 Å². The molecule has 20 heavy (non-hydrogen) atoms.